The van der Waals surface area contributed by atoms with Crippen LogP contribution in [0.2, 0.25) is 5.02 Å². The van der Waals surface area contributed by atoms with Crippen molar-refractivity contribution in [1.82, 2.24) is 0 Å². The molecule has 0 spiro atoms. The lowest BCUT2D eigenvalue weighted by Gasteiger charge is -2.22. The number of carbonyl (C=O) groups is 1. The number of benzene rings is 1. The average molecular weight is 263 g/mol. The Morgan fingerprint density at radius 3 is 3.11 bits per heavy atom. The van der Waals surface area contributed by atoms with Gasteiger partial charge in [0.2, 0.25) is 5.91 Å². The summed E-state index contributed by atoms with van der Waals surface area (Å²) in [5.41, 5.74) is 10.7. The summed E-state index contributed by atoms with van der Waals surface area (Å²) in [6, 6.07) is 2.47. The van der Waals surface area contributed by atoms with Gasteiger partial charge in [0.05, 0.1) is 7.29 Å². The minimum atomic E-state index is -0.241. The van der Waals surface area contributed by atoms with Gasteiger partial charge in [0.25, 0.3) is 0 Å². The highest BCUT2D eigenvalue weighted by Crippen LogP contribution is 2.45. The molecule has 3 heteroatoms. The van der Waals surface area contributed by atoms with E-state index in [2.05, 4.69) is 0 Å². The van der Waals surface area contributed by atoms with Crippen LogP contribution in [0, 0.1) is 12.8 Å². The molecule has 2 nitrogen and oxygen atoms in total. The average Bonchev–Trinajstić information content (AvgIpc) is 2.74. The summed E-state index contributed by atoms with van der Waals surface area (Å²) in [5, 5.41) is 0.638. The second-order valence-electron chi connectivity index (χ2n) is 5.16. The van der Waals surface area contributed by atoms with E-state index in [1.165, 1.54) is 5.57 Å². The van der Waals surface area contributed by atoms with Crippen molar-refractivity contribution in [3.8, 4) is 0 Å². The molecule has 1 aromatic rings. The van der Waals surface area contributed by atoms with Crippen molar-refractivity contribution in [2.45, 2.75) is 32.6 Å². The summed E-state index contributed by atoms with van der Waals surface area (Å²) in [5.74, 6) is -0.399. The number of carbonyl (C=O) groups excluding carboxylic acids is 1. The number of hydrogen-bond donors (Lipinski definition) is 1. The molecular weight excluding hydrogens is 246 g/mol. The Labute approximate surface area is 113 Å². The second-order valence-corrected chi connectivity index (χ2v) is 5.57. The molecular formula is C15H16ClNO. The van der Waals surface area contributed by atoms with E-state index >= 15 is 0 Å². The first kappa shape index (κ1) is 10.6. The maximum absolute atomic E-state index is 11.6. The van der Waals surface area contributed by atoms with E-state index in [0.29, 0.717) is 17.5 Å². The fourth-order valence-electron chi connectivity index (χ4n) is 3.15. The van der Waals surface area contributed by atoms with Crippen LogP contribution in [0.1, 0.15) is 37.3 Å². The van der Waals surface area contributed by atoms with Gasteiger partial charge in [0, 0.05) is 5.02 Å². The highest BCUT2D eigenvalue weighted by molar-refractivity contribution is 6.31. The van der Waals surface area contributed by atoms with E-state index in [1.807, 2.05) is 13.0 Å². The van der Waals surface area contributed by atoms with Gasteiger partial charge in [-0.15, -0.1) is 0 Å². The quantitative estimate of drug-likeness (QED) is 0.830. The van der Waals surface area contributed by atoms with Gasteiger partial charge < -0.3 is 5.73 Å². The first-order valence-electron chi connectivity index (χ1n) is 6.81. The van der Waals surface area contributed by atoms with Gasteiger partial charge in [-0.3, -0.25) is 4.79 Å². The van der Waals surface area contributed by atoms with E-state index in [4.69, 9.17) is 18.7 Å². The van der Waals surface area contributed by atoms with Gasteiger partial charge in [-0.1, -0.05) is 17.6 Å². The molecule has 0 fully saturated rings. The fraction of sp³-hybridized carbons (Fsp3) is 0.400. The Balaban J connectivity index is 2.15. The zero-order valence-corrected chi connectivity index (χ0v) is 11.1. The van der Waals surface area contributed by atoms with Crippen LogP contribution in [0.25, 0.3) is 5.57 Å². The molecule has 0 bridgehead atoms. The number of allylic oxidation sites excluding steroid dienone is 1. The molecule has 2 aliphatic rings. The zero-order valence-electron chi connectivity index (χ0n) is 11.3. The molecule has 3 rings (SSSR count). The largest absolute Gasteiger partial charge is 0.369 e. The van der Waals surface area contributed by atoms with Gasteiger partial charge >= 0.3 is 0 Å². The van der Waals surface area contributed by atoms with Crippen molar-refractivity contribution >= 4 is 23.1 Å². The summed E-state index contributed by atoms with van der Waals surface area (Å²) in [7, 11) is 0. The summed E-state index contributed by atoms with van der Waals surface area (Å²) in [6.07, 6.45) is 3.47. The third-order valence-electron chi connectivity index (χ3n) is 4.06. The summed E-state index contributed by atoms with van der Waals surface area (Å²) in [6.45, 7) is 1.87. The zero-order chi connectivity index (χ0) is 13.7. The van der Waals surface area contributed by atoms with Crippen molar-refractivity contribution in [3.05, 3.63) is 39.4 Å². The molecule has 2 aliphatic carbocycles. The highest BCUT2D eigenvalue weighted by atomic mass is 35.5. The normalized spacial score (nSPS) is 22.6. The first-order chi connectivity index (χ1) is 9.00. The lowest BCUT2D eigenvalue weighted by molar-refractivity contribution is -0.121. The Morgan fingerprint density at radius 1 is 1.61 bits per heavy atom. The molecule has 0 aromatic heterocycles. The summed E-state index contributed by atoms with van der Waals surface area (Å²) >= 11 is 6.19. The Kier molecular flexibility index (Phi) is 2.44. The molecule has 1 unspecified atom stereocenters. The molecule has 2 N–H and O–H groups in total. The maximum Gasteiger partial charge on any atom is 0.224 e. The lowest BCUT2D eigenvalue weighted by Crippen LogP contribution is -2.27. The minimum absolute atomic E-state index is 0.158. The molecule has 0 radical (unpaired) electrons. The van der Waals surface area contributed by atoms with Crippen molar-refractivity contribution < 1.29 is 6.17 Å². The van der Waals surface area contributed by atoms with Gasteiger partial charge in [-0.25, -0.2) is 0 Å². The van der Waals surface area contributed by atoms with Crippen LogP contribution in [0.15, 0.2) is 17.7 Å². The molecule has 1 atom stereocenters. The Morgan fingerprint density at radius 2 is 2.39 bits per heavy atom. The number of halogens is 1. The van der Waals surface area contributed by atoms with Gasteiger partial charge in [-0.2, -0.15) is 0 Å². The van der Waals surface area contributed by atoms with Crippen molar-refractivity contribution in [1.29, 1.82) is 0 Å². The van der Waals surface area contributed by atoms with Crippen LogP contribution in [0.3, 0.4) is 0 Å². The molecule has 0 aliphatic heterocycles. The minimum Gasteiger partial charge on any atom is -0.369 e. The van der Waals surface area contributed by atoms with Crippen LogP contribution >= 0.6 is 11.6 Å². The van der Waals surface area contributed by atoms with Gasteiger partial charge in [0.15, 0.2) is 0 Å². The van der Waals surface area contributed by atoms with Crippen LogP contribution in [0.4, 0.5) is 0 Å². The SMILES string of the molecule is [2H]c1c(C)c(Cl)cc2c1CC1=C2CCCC1C(N)=O. The third-order valence-corrected chi connectivity index (χ3v) is 4.45. The van der Waals surface area contributed by atoms with Crippen LogP contribution < -0.4 is 5.73 Å². The first-order valence-corrected chi connectivity index (χ1v) is 6.68. The monoisotopic (exact) mass is 262 g/mol. The molecule has 0 saturated heterocycles. The second kappa shape index (κ2) is 4.13. The van der Waals surface area contributed by atoms with Crippen LogP contribution in [-0.4, -0.2) is 5.91 Å². The molecule has 0 heterocycles. The predicted molar refractivity (Wildman–Crippen MR) is 73.3 cm³/mol. The van der Waals surface area contributed by atoms with E-state index < -0.39 is 0 Å². The van der Waals surface area contributed by atoms with Crippen molar-refractivity contribution in [3.63, 3.8) is 0 Å². The standard InChI is InChI=1S/C15H16ClNO/c1-8-5-9-6-13-10(12(9)7-14(8)16)3-2-4-11(13)15(17)18/h5,7,11H,2-4,6H2,1H3,(H2,17,18)/i5D. The molecule has 1 aromatic carbocycles. The van der Waals surface area contributed by atoms with Crippen LogP contribution in [-0.2, 0) is 11.2 Å². The molecule has 1 amide bonds. The van der Waals surface area contributed by atoms with E-state index in [9.17, 15) is 4.79 Å². The smallest absolute Gasteiger partial charge is 0.224 e. The van der Waals surface area contributed by atoms with E-state index in [0.717, 1.165) is 41.5 Å². The van der Waals surface area contributed by atoms with Gasteiger partial charge in [-0.05, 0) is 66.5 Å². The van der Waals surface area contributed by atoms with E-state index in [-0.39, 0.29) is 11.8 Å². The Hall–Kier alpha value is -1.28. The van der Waals surface area contributed by atoms with Crippen LogP contribution in [0.5, 0.6) is 0 Å². The number of hydrogen-bond acceptors (Lipinski definition) is 1. The number of primary amides is 1. The number of rotatable bonds is 1. The maximum atomic E-state index is 11.6. The van der Waals surface area contributed by atoms with Crippen molar-refractivity contribution in [2.75, 3.05) is 0 Å². The predicted octanol–water partition coefficient (Wildman–Crippen LogP) is 3.24. The fourth-order valence-corrected chi connectivity index (χ4v) is 3.31. The lowest BCUT2D eigenvalue weighted by atomic mass is 9.82. The number of fused-ring (bicyclic) bond motifs is 2. The molecule has 0 saturated carbocycles. The molecule has 18 heavy (non-hydrogen) atoms. The van der Waals surface area contributed by atoms with E-state index in [1.54, 1.807) is 0 Å². The number of nitrogens with two attached hydrogens (primary N) is 1. The van der Waals surface area contributed by atoms with Gasteiger partial charge in [0.1, 0.15) is 0 Å². The van der Waals surface area contributed by atoms with Crippen molar-refractivity contribution in [2.24, 2.45) is 11.7 Å². The highest BCUT2D eigenvalue weighted by Gasteiger charge is 2.33. The summed E-state index contributed by atoms with van der Waals surface area (Å²) in [4.78, 5) is 11.6. The third kappa shape index (κ3) is 1.67. The Bertz CT molecular complexity index is 621. The molecule has 94 valence electrons. The summed E-state index contributed by atoms with van der Waals surface area (Å²) < 4.78 is 8.21. The topological polar surface area (TPSA) is 43.1 Å². The number of amides is 1.